The summed E-state index contributed by atoms with van der Waals surface area (Å²) in [6.07, 6.45) is 1.70. The fraction of sp³-hybridized carbons (Fsp3) is 0.0909. The second kappa shape index (κ2) is 9.34. The molecule has 5 nitrogen and oxygen atoms in total. The van der Waals surface area contributed by atoms with Gasteiger partial charge in [-0.15, -0.1) is 0 Å². The van der Waals surface area contributed by atoms with Crippen molar-refractivity contribution in [1.29, 1.82) is 0 Å². The number of benzene rings is 3. The lowest BCUT2D eigenvalue weighted by Crippen LogP contribution is -1.99. The van der Waals surface area contributed by atoms with Crippen LogP contribution in [0.4, 0.5) is 5.13 Å². The summed E-state index contributed by atoms with van der Waals surface area (Å²) in [4.78, 5) is 4.49. The van der Waals surface area contributed by atoms with Gasteiger partial charge in [0.1, 0.15) is 6.61 Å². The molecule has 30 heavy (non-hydrogen) atoms. The number of anilines is 1. The first kappa shape index (κ1) is 20.5. The summed E-state index contributed by atoms with van der Waals surface area (Å²) in [6.45, 7) is 0.305. The molecule has 0 aliphatic carbocycles. The maximum atomic E-state index is 6.20. The molecule has 152 valence electrons. The average Bonchev–Trinajstić information content (AvgIpc) is 3.16. The number of thiazole rings is 1. The van der Waals surface area contributed by atoms with Crippen LogP contribution >= 0.6 is 34.5 Å². The summed E-state index contributed by atoms with van der Waals surface area (Å²) in [7, 11) is 1.59. The maximum Gasteiger partial charge on any atom is 0.204 e. The molecule has 0 saturated heterocycles. The highest BCUT2D eigenvalue weighted by molar-refractivity contribution is 7.22. The van der Waals surface area contributed by atoms with Gasteiger partial charge in [0.25, 0.3) is 0 Å². The third kappa shape index (κ3) is 4.84. The highest BCUT2D eigenvalue weighted by Crippen LogP contribution is 2.30. The zero-order valence-electron chi connectivity index (χ0n) is 15.9. The van der Waals surface area contributed by atoms with E-state index < -0.39 is 0 Å². The van der Waals surface area contributed by atoms with Crippen LogP contribution in [-0.4, -0.2) is 18.3 Å². The van der Waals surface area contributed by atoms with Crippen LogP contribution in [0.5, 0.6) is 11.5 Å². The van der Waals surface area contributed by atoms with Crippen molar-refractivity contribution in [2.24, 2.45) is 5.10 Å². The first-order chi connectivity index (χ1) is 14.6. The minimum atomic E-state index is 0.305. The van der Waals surface area contributed by atoms with Gasteiger partial charge in [-0.2, -0.15) is 5.10 Å². The Kier molecular flexibility index (Phi) is 6.38. The number of fused-ring (bicyclic) bond motifs is 1. The monoisotopic (exact) mass is 457 g/mol. The lowest BCUT2D eigenvalue weighted by Gasteiger charge is -2.12. The molecule has 1 N–H and O–H groups in total. The van der Waals surface area contributed by atoms with E-state index in [1.165, 1.54) is 0 Å². The summed E-state index contributed by atoms with van der Waals surface area (Å²) in [5, 5.41) is 6.16. The van der Waals surface area contributed by atoms with Gasteiger partial charge in [-0.3, -0.25) is 5.43 Å². The number of hydrogen-bond acceptors (Lipinski definition) is 6. The Bertz CT molecular complexity index is 1180. The molecule has 4 aromatic rings. The smallest absolute Gasteiger partial charge is 0.204 e. The molecule has 0 saturated carbocycles. The van der Waals surface area contributed by atoms with Crippen molar-refractivity contribution in [3.8, 4) is 11.5 Å². The highest BCUT2D eigenvalue weighted by atomic mass is 35.5. The van der Waals surface area contributed by atoms with Crippen molar-refractivity contribution in [2.45, 2.75) is 6.61 Å². The summed E-state index contributed by atoms with van der Waals surface area (Å²) in [5.74, 6) is 1.21. The molecule has 4 rings (SSSR count). The van der Waals surface area contributed by atoms with Gasteiger partial charge in [0.05, 0.1) is 23.5 Å². The molecule has 0 aliphatic rings. The Balaban J connectivity index is 1.42. The van der Waals surface area contributed by atoms with E-state index in [1.807, 2.05) is 48.5 Å². The second-order valence-corrected chi connectivity index (χ2v) is 8.17. The van der Waals surface area contributed by atoms with Crippen LogP contribution in [-0.2, 0) is 6.61 Å². The number of aromatic nitrogens is 1. The molecule has 0 radical (unpaired) electrons. The lowest BCUT2D eigenvalue weighted by atomic mass is 10.2. The number of rotatable bonds is 7. The van der Waals surface area contributed by atoms with Crippen LogP contribution in [0.3, 0.4) is 0 Å². The summed E-state index contributed by atoms with van der Waals surface area (Å²) < 4.78 is 12.4. The standard InChI is InChI=1S/C22H17Cl2N3O2S/c1-28-20-10-14(12-25-27-22-26-18-4-2-3-5-21(18)30-22)6-9-19(20)29-13-15-7-8-16(23)11-17(15)24/h2-12H,13H2,1H3,(H,26,27)/b25-12+. The molecule has 0 bridgehead atoms. The molecular weight excluding hydrogens is 441 g/mol. The molecule has 1 aromatic heterocycles. The highest BCUT2D eigenvalue weighted by Gasteiger charge is 2.08. The van der Waals surface area contributed by atoms with Crippen LogP contribution in [0, 0.1) is 0 Å². The van der Waals surface area contributed by atoms with Gasteiger partial charge in [-0.05, 0) is 48.0 Å². The molecule has 0 spiro atoms. The number of hydrogen-bond donors (Lipinski definition) is 1. The molecule has 8 heteroatoms. The van der Waals surface area contributed by atoms with E-state index in [4.69, 9.17) is 32.7 Å². The van der Waals surface area contributed by atoms with E-state index in [1.54, 1.807) is 36.8 Å². The van der Waals surface area contributed by atoms with E-state index in [9.17, 15) is 0 Å². The molecule has 0 aliphatic heterocycles. The largest absolute Gasteiger partial charge is 0.493 e. The third-order valence-corrected chi connectivity index (χ3v) is 5.78. The van der Waals surface area contributed by atoms with E-state index in [2.05, 4.69) is 15.5 Å². The normalized spacial score (nSPS) is 11.2. The van der Waals surface area contributed by atoms with Crippen molar-refractivity contribution in [1.82, 2.24) is 4.98 Å². The number of nitrogens with one attached hydrogen (secondary N) is 1. The zero-order chi connectivity index (χ0) is 20.9. The summed E-state index contributed by atoms with van der Waals surface area (Å²) >= 11 is 13.7. The van der Waals surface area contributed by atoms with Crippen LogP contribution < -0.4 is 14.9 Å². The van der Waals surface area contributed by atoms with E-state index in [0.29, 0.717) is 28.2 Å². The van der Waals surface area contributed by atoms with Gasteiger partial charge < -0.3 is 9.47 Å². The van der Waals surface area contributed by atoms with Gasteiger partial charge in [0, 0.05) is 15.6 Å². The predicted octanol–water partition coefficient (Wildman–Crippen LogP) is 6.64. The average molecular weight is 458 g/mol. The van der Waals surface area contributed by atoms with Crippen LogP contribution in [0.2, 0.25) is 10.0 Å². The van der Waals surface area contributed by atoms with Gasteiger partial charge in [-0.1, -0.05) is 52.7 Å². The van der Waals surface area contributed by atoms with Crippen molar-refractivity contribution >= 4 is 56.1 Å². The van der Waals surface area contributed by atoms with Crippen molar-refractivity contribution in [2.75, 3.05) is 12.5 Å². The van der Waals surface area contributed by atoms with Gasteiger partial charge >= 0.3 is 0 Å². The Morgan fingerprint density at radius 3 is 2.73 bits per heavy atom. The Labute approximate surface area is 187 Å². The Morgan fingerprint density at radius 1 is 1.07 bits per heavy atom. The molecule has 3 aromatic carbocycles. The van der Waals surface area contributed by atoms with Crippen molar-refractivity contribution in [3.63, 3.8) is 0 Å². The minimum absolute atomic E-state index is 0.305. The quantitative estimate of drug-likeness (QED) is 0.249. The first-order valence-electron chi connectivity index (χ1n) is 9.02. The zero-order valence-corrected chi connectivity index (χ0v) is 18.3. The van der Waals surface area contributed by atoms with E-state index in [-0.39, 0.29) is 0 Å². The van der Waals surface area contributed by atoms with Gasteiger partial charge in [0.2, 0.25) is 5.13 Å². The predicted molar refractivity (Wildman–Crippen MR) is 125 cm³/mol. The van der Waals surface area contributed by atoms with Gasteiger partial charge in [-0.25, -0.2) is 4.98 Å². The SMILES string of the molecule is COc1cc(/C=N/Nc2nc3ccccc3s2)ccc1OCc1ccc(Cl)cc1Cl. The fourth-order valence-electron chi connectivity index (χ4n) is 2.76. The fourth-order valence-corrected chi connectivity index (χ4v) is 4.04. The first-order valence-corrected chi connectivity index (χ1v) is 10.6. The number of halogens is 2. The summed E-state index contributed by atoms with van der Waals surface area (Å²) in [5.41, 5.74) is 5.62. The molecule has 0 fully saturated rings. The van der Waals surface area contributed by atoms with Crippen LogP contribution in [0.1, 0.15) is 11.1 Å². The van der Waals surface area contributed by atoms with Crippen molar-refractivity contribution in [3.05, 3.63) is 81.8 Å². The van der Waals surface area contributed by atoms with E-state index in [0.717, 1.165) is 26.5 Å². The second-order valence-electron chi connectivity index (χ2n) is 6.29. The molecule has 0 atom stereocenters. The Hall–Kier alpha value is -2.80. The lowest BCUT2D eigenvalue weighted by molar-refractivity contribution is 0.284. The van der Waals surface area contributed by atoms with Crippen LogP contribution in [0.15, 0.2) is 65.8 Å². The Morgan fingerprint density at radius 2 is 1.93 bits per heavy atom. The molecule has 0 unspecified atom stereocenters. The number of para-hydroxylation sites is 1. The maximum absolute atomic E-state index is 6.20. The van der Waals surface area contributed by atoms with Crippen molar-refractivity contribution < 1.29 is 9.47 Å². The number of nitrogens with zero attached hydrogens (tertiary/aromatic N) is 2. The summed E-state index contributed by atoms with van der Waals surface area (Å²) in [6, 6.07) is 18.8. The number of methoxy groups -OCH3 is 1. The molecule has 1 heterocycles. The van der Waals surface area contributed by atoms with Crippen LogP contribution in [0.25, 0.3) is 10.2 Å². The molecular formula is C22H17Cl2N3O2S. The van der Waals surface area contributed by atoms with E-state index >= 15 is 0 Å². The number of ether oxygens (including phenoxy) is 2. The topological polar surface area (TPSA) is 55.7 Å². The minimum Gasteiger partial charge on any atom is -0.493 e. The third-order valence-electron chi connectivity index (χ3n) is 4.25. The van der Waals surface area contributed by atoms with Gasteiger partial charge in [0.15, 0.2) is 11.5 Å². The number of hydrazone groups is 1. The molecule has 0 amide bonds.